The maximum Gasteiger partial charge on any atom is 0.120 e. The van der Waals surface area contributed by atoms with Crippen molar-refractivity contribution in [3.63, 3.8) is 0 Å². The Balaban J connectivity index is 3.44. The largest absolute Gasteiger partial charge is 0.327 e. The molecule has 0 aromatic rings. The Morgan fingerprint density at radius 2 is 2.22 bits per heavy atom. The minimum atomic E-state index is 0.190. The van der Waals surface area contributed by atoms with E-state index in [2.05, 4.69) is 0 Å². The number of carbonyl (C=O) groups is 1. The van der Waals surface area contributed by atoms with Crippen molar-refractivity contribution in [2.45, 2.75) is 32.7 Å². The van der Waals surface area contributed by atoms with Crippen LogP contribution in [0.3, 0.4) is 0 Å². The first-order chi connectivity index (χ1) is 4.22. The van der Waals surface area contributed by atoms with Gasteiger partial charge in [0.2, 0.25) is 0 Å². The van der Waals surface area contributed by atoms with Crippen molar-refractivity contribution in [2.24, 2.45) is 11.7 Å². The van der Waals surface area contributed by atoms with Crippen LogP contribution in [0, 0.1) is 5.92 Å². The average Bonchev–Trinajstić information content (AvgIpc) is 1.87. The predicted octanol–water partition coefficient (Wildman–Crippen LogP) is 0.949. The smallest absolute Gasteiger partial charge is 0.120 e. The third-order valence-corrected chi connectivity index (χ3v) is 1.67. The molecule has 0 aliphatic rings. The van der Waals surface area contributed by atoms with Crippen molar-refractivity contribution >= 4 is 6.29 Å². The van der Waals surface area contributed by atoms with Crippen LogP contribution in [0.15, 0.2) is 0 Å². The summed E-state index contributed by atoms with van der Waals surface area (Å²) in [6, 6.07) is 0.190. The van der Waals surface area contributed by atoms with Gasteiger partial charge in [0.05, 0.1) is 0 Å². The highest BCUT2D eigenvalue weighted by molar-refractivity contribution is 5.49. The van der Waals surface area contributed by atoms with Crippen molar-refractivity contribution in [3.8, 4) is 0 Å². The second kappa shape index (κ2) is 4.50. The number of rotatable bonds is 4. The summed E-state index contributed by atoms with van der Waals surface area (Å²) in [5.41, 5.74) is 5.64. The van der Waals surface area contributed by atoms with Gasteiger partial charge in [0, 0.05) is 12.5 Å². The highest BCUT2D eigenvalue weighted by atomic mass is 16.1. The van der Waals surface area contributed by atoms with E-state index in [-0.39, 0.29) is 6.04 Å². The topological polar surface area (TPSA) is 43.1 Å². The number of nitrogens with two attached hydrogens (primary N) is 1. The quantitative estimate of drug-likeness (QED) is 0.574. The monoisotopic (exact) mass is 129 g/mol. The molecule has 0 radical (unpaired) electrons. The van der Waals surface area contributed by atoms with E-state index in [0.29, 0.717) is 12.3 Å². The fraction of sp³-hybridized carbons (Fsp3) is 0.857. The third-order valence-electron chi connectivity index (χ3n) is 1.67. The van der Waals surface area contributed by atoms with E-state index in [4.69, 9.17) is 5.73 Å². The van der Waals surface area contributed by atoms with Gasteiger partial charge in [-0.25, -0.2) is 0 Å². The van der Waals surface area contributed by atoms with E-state index in [9.17, 15) is 4.79 Å². The van der Waals surface area contributed by atoms with E-state index in [1.165, 1.54) is 0 Å². The molecule has 0 amide bonds. The first kappa shape index (κ1) is 8.63. The summed E-state index contributed by atoms with van der Waals surface area (Å²) < 4.78 is 0. The van der Waals surface area contributed by atoms with Crippen molar-refractivity contribution in [2.75, 3.05) is 0 Å². The lowest BCUT2D eigenvalue weighted by Gasteiger charge is -2.14. The van der Waals surface area contributed by atoms with E-state index < -0.39 is 0 Å². The summed E-state index contributed by atoms with van der Waals surface area (Å²) in [4.78, 5) is 9.98. The Hall–Kier alpha value is -0.370. The van der Waals surface area contributed by atoms with E-state index in [1.807, 2.05) is 13.8 Å². The molecule has 54 valence electrons. The predicted molar refractivity (Wildman–Crippen MR) is 38.1 cm³/mol. The van der Waals surface area contributed by atoms with Crippen molar-refractivity contribution < 1.29 is 4.79 Å². The molecule has 0 fully saturated rings. The molecule has 2 N–H and O–H groups in total. The lowest BCUT2D eigenvalue weighted by molar-refractivity contribution is -0.108. The zero-order chi connectivity index (χ0) is 7.28. The van der Waals surface area contributed by atoms with Gasteiger partial charge in [-0.05, 0) is 12.3 Å². The standard InChI is InChI=1S/C7H15NO/c1-3-7(8)6(2)4-5-9/h5-7H,3-4,8H2,1-2H3. The number of aldehydes is 1. The second-order valence-corrected chi connectivity index (χ2v) is 2.45. The molecule has 0 heterocycles. The van der Waals surface area contributed by atoms with Crippen molar-refractivity contribution in [1.29, 1.82) is 0 Å². The Morgan fingerprint density at radius 3 is 2.56 bits per heavy atom. The van der Waals surface area contributed by atoms with Crippen molar-refractivity contribution in [1.82, 2.24) is 0 Å². The summed E-state index contributed by atoms with van der Waals surface area (Å²) in [7, 11) is 0. The Labute approximate surface area is 56.4 Å². The van der Waals surface area contributed by atoms with Crippen molar-refractivity contribution in [3.05, 3.63) is 0 Å². The van der Waals surface area contributed by atoms with Crippen LogP contribution in [0.5, 0.6) is 0 Å². The van der Waals surface area contributed by atoms with Crippen LogP contribution in [-0.2, 0) is 4.79 Å². The molecule has 2 heteroatoms. The zero-order valence-electron chi connectivity index (χ0n) is 6.13. The minimum Gasteiger partial charge on any atom is -0.327 e. The first-order valence-corrected chi connectivity index (χ1v) is 3.41. The molecular weight excluding hydrogens is 114 g/mol. The summed E-state index contributed by atoms with van der Waals surface area (Å²) >= 11 is 0. The van der Waals surface area contributed by atoms with Gasteiger partial charge in [-0.1, -0.05) is 13.8 Å². The zero-order valence-corrected chi connectivity index (χ0v) is 6.13. The van der Waals surface area contributed by atoms with Crippen LogP contribution in [0.2, 0.25) is 0 Å². The molecule has 0 aromatic carbocycles. The molecule has 0 bridgehead atoms. The number of carbonyl (C=O) groups excluding carboxylic acids is 1. The lowest BCUT2D eigenvalue weighted by atomic mass is 9.98. The van der Waals surface area contributed by atoms with Crippen LogP contribution < -0.4 is 5.73 Å². The average molecular weight is 129 g/mol. The maximum atomic E-state index is 9.98. The molecule has 0 aromatic heterocycles. The Bertz CT molecular complexity index is 83.0. The SMILES string of the molecule is CCC(N)C(C)CC=O. The normalized spacial score (nSPS) is 16.8. The maximum absolute atomic E-state index is 9.98. The van der Waals surface area contributed by atoms with Gasteiger partial charge in [0.15, 0.2) is 0 Å². The third kappa shape index (κ3) is 3.25. The van der Waals surface area contributed by atoms with Crippen LogP contribution >= 0.6 is 0 Å². The molecule has 2 unspecified atom stereocenters. The number of hydrogen-bond acceptors (Lipinski definition) is 2. The fourth-order valence-corrected chi connectivity index (χ4v) is 0.729. The lowest BCUT2D eigenvalue weighted by Crippen LogP contribution is -2.27. The van der Waals surface area contributed by atoms with Gasteiger partial charge in [-0.3, -0.25) is 0 Å². The highest BCUT2D eigenvalue weighted by Crippen LogP contribution is 2.06. The van der Waals surface area contributed by atoms with Crippen LogP contribution in [0.4, 0.5) is 0 Å². The van der Waals surface area contributed by atoms with Gasteiger partial charge in [-0.2, -0.15) is 0 Å². The van der Waals surface area contributed by atoms with Crippen LogP contribution in [0.1, 0.15) is 26.7 Å². The minimum absolute atomic E-state index is 0.190. The van der Waals surface area contributed by atoms with Crippen LogP contribution in [0.25, 0.3) is 0 Å². The van der Waals surface area contributed by atoms with Gasteiger partial charge in [0.25, 0.3) is 0 Å². The van der Waals surface area contributed by atoms with E-state index in [0.717, 1.165) is 12.7 Å². The molecule has 0 rings (SSSR count). The summed E-state index contributed by atoms with van der Waals surface area (Å²) in [5.74, 6) is 0.340. The second-order valence-electron chi connectivity index (χ2n) is 2.45. The molecule has 0 saturated heterocycles. The molecule has 2 atom stereocenters. The van der Waals surface area contributed by atoms with Gasteiger partial charge < -0.3 is 10.5 Å². The van der Waals surface area contributed by atoms with E-state index in [1.54, 1.807) is 0 Å². The van der Waals surface area contributed by atoms with Gasteiger partial charge in [-0.15, -0.1) is 0 Å². The Morgan fingerprint density at radius 1 is 1.67 bits per heavy atom. The molecule has 0 aliphatic heterocycles. The highest BCUT2D eigenvalue weighted by Gasteiger charge is 2.08. The molecule has 9 heavy (non-hydrogen) atoms. The van der Waals surface area contributed by atoms with Gasteiger partial charge >= 0.3 is 0 Å². The molecule has 0 spiro atoms. The summed E-state index contributed by atoms with van der Waals surface area (Å²) in [5, 5.41) is 0. The van der Waals surface area contributed by atoms with Crippen LogP contribution in [-0.4, -0.2) is 12.3 Å². The van der Waals surface area contributed by atoms with Gasteiger partial charge in [0.1, 0.15) is 6.29 Å². The summed E-state index contributed by atoms with van der Waals surface area (Å²) in [6.07, 6.45) is 2.48. The number of hydrogen-bond donors (Lipinski definition) is 1. The fourth-order valence-electron chi connectivity index (χ4n) is 0.729. The van der Waals surface area contributed by atoms with E-state index >= 15 is 0 Å². The molecular formula is C7H15NO. The molecule has 2 nitrogen and oxygen atoms in total. The molecule has 0 saturated carbocycles. The first-order valence-electron chi connectivity index (χ1n) is 3.41. The molecule has 0 aliphatic carbocycles. The summed E-state index contributed by atoms with van der Waals surface area (Å²) in [6.45, 7) is 4.04. The Kier molecular flexibility index (Phi) is 4.32.